The maximum atomic E-state index is 10.2. The Morgan fingerprint density at radius 3 is 0.733 bits per heavy atom. The van der Waals surface area contributed by atoms with Crippen molar-refractivity contribution in [3.8, 4) is 0 Å². The van der Waals surface area contributed by atoms with Crippen molar-refractivity contribution in [2.45, 2.75) is 167 Å². The van der Waals surface area contributed by atoms with Crippen LogP contribution >= 0.6 is 0 Å². The summed E-state index contributed by atoms with van der Waals surface area (Å²) >= 11 is 0. The van der Waals surface area contributed by atoms with Crippen LogP contribution in [0.4, 0.5) is 0 Å². The van der Waals surface area contributed by atoms with Crippen molar-refractivity contribution in [2.75, 3.05) is 0 Å². The Labute approximate surface area is 189 Å². The number of carbonyl (C=O) groups is 1. The van der Waals surface area contributed by atoms with Crippen LogP contribution in [0.2, 0.25) is 0 Å². The first kappa shape index (κ1) is 25.9. The van der Waals surface area contributed by atoms with Gasteiger partial charge in [0.05, 0.1) is 0 Å². The van der Waals surface area contributed by atoms with Gasteiger partial charge in [0, 0.05) is 12.8 Å². The predicted molar refractivity (Wildman–Crippen MR) is 132 cm³/mol. The average molecular weight is 419 g/mol. The van der Waals surface area contributed by atoms with E-state index in [9.17, 15) is 4.79 Å². The normalized spacial score (nSPS) is 29.3. The first-order valence-electron chi connectivity index (χ1n) is 14.4. The minimum atomic E-state index is 0.454. The average Bonchev–Trinajstić information content (AvgIpc) is 3.57. The van der Waals surface area contributed by atoms with Gasteiger partial charge in [0.15, 0.2) is 0 Å². The lowest BCUT2D eigenvalue weighted by Crippen LogP contribution is -1.85. The van der Waals surface area contributed by atoms with Crippen molar-refractivity contribution in [2.24, 2.45) is 11.8 Å². The van der Waals surface area contributed by atoms with Crippen molar-refractivity contribution < 1.29 is 4.79 Å². The van der Waals surface area contributed by atoms with Gasteiger partial charge in [-0.05, 0) is 31.1 Å². The highest BCUT2D eigenvalue weighted by atomic mass is 16.1. The van der Waals surface area contributed by atoms with Crippen LogP contribution in [-0.2, 0) is 4.79 Å². The van der Waals surface area contributed by atoms with E-state index in [0.29, 0.717) is 5.78 Å². The maximum Gasteiger partial charge on any atom is 0.132 e. The van der Waals surface area contributed by atoms with Crippen molar-refractivity contribution >= 4 is 5.78 Å². The molecule has 0 aromatic heterocycles. The summed E-state index contributed by atoms with van der Waals surface area (Å²) in [5.74, 6) is 2.88. The lowest BCUT2D eigenvalue weighted by molar-refractivity contribution is -0.117. The Morgan fingerprint density at radius 2 is 0.633 bits per heavy atom. The van der Waals surface area contributed by atoms with Gasteiger partial charge in [-0.25, -0.2) is 0 Å². The van der Waals surface area contributed by atoms with Gasteiger partial charge in [0.1, 0.15) is 5.78 Å². The molecule has 0 N–H and O–H groups in total. The lowest BCUT2D eigenvalue weighted by atomic mass is 10.0. The SMILES string of the molecule is C1CC1.C1CC2CC2C1.C1CCC1.C1CCCC1.C1CCCCC1.O=C1CCCC1. The molecule has 7 aliphatic carbocycles. The van der Waals surface area contributed by atoms with Gasteiger partial charge < -0.3 is 0 Å². The van der Waals surface area contributed by atoms with Crippen LogP contribution in [0.5, 0.6) is 0 Å². The number of Topliss-reactive ketones (excluding diaryl/α,β-unsaturated/α-hetero) is 1. The van der Waals surface area contributed by atoms with E-state index in [2.05, 4.69) is 0 Å². The fourth-order valence-electron chi connectivity index (χ4n) is 4.62. The minimum Gasteiger partial charge on any atom is -0.300 e. The molecular weight excluding hydrogens is 364 g/mol. The van der Waals surface area contributed by atoms with Crippen molar-refractivity contribution in [3.05, 3.63) is 0 Å². The molecule has 1 heteroatoms. The summed E-state index contributed by atoms with van der Waals surface area (Å²) in [7, 11) is 0. The molecule has 30 heavy (non-hydrogen) atoms. The smallest absolute Gasteiger partial charge is 0.132 e. The summed E-state index contributed by atoms with van der Waals surface area (Å²) in [5, 5.41) is 0. The van der Waals surface area contributed by atoms with Gasteiger partial charge in [-0.1, -0.05) is 135 Å². The van der Waals surface area contributed by atoms with Crippen LogP contribution in [0.25, 0.3) is 0 Å². The Bertz CT molecular complexity index is 345. The number of ketones is 1. The molecule has 7 fully saturated rings. The molecule has 2 unspecified atom stereocenters. The Hall–Kier alpha value is -0.330. The zero-order valence-corrected chi connectivity index (χ0v) is 20.4. The monoisotopic (exact) mass is 418 g/mol. The van der Waals surface area contributed by atoms with Crippen molar-refractivity contribution in [3.63, 3.8) is 0 Å². The first-order valence-corrected chi connectivity index (χ1v) is 14.4. The molecule has 176 valence electrons. The summed E-state index contributed by atoms with van der Waals surface area (Å²) in [6.45, 7) is 0. The number of fused-ring (bicyclic) bond motifs is 1. The Kier molecular flexibility index (Phi) is 15.8. The molecule has 0 aromatic rings. The molecule has 7 aliphatic rings. The molecule has 7 rings (SSSR count). The maximum absolute atomic E-state index is 10.2. The van der Waals surface area contributed by atoms with E-state index in [1.165, 1.54) is 134 Å². The molecule has 1 nitrogen and oxygen atoms in total. The van der Waals surface area contributed by atoms with Crippen LogP contribution in [0.1, 0.15) is 167 Å². The number of hydrogen-bond acceptors (Lipinski definition) is 1. The molecule has 0 spiro atoms. The molecular formula is C29H54O. The summed E-state index contributed by atoms with van der Waals surface area (Å²) in [4.78, 5) is 10.2. The zero-order valence-electron chi connectivity index (χ0n) is 20.4. The highest BCUT2D eigenvalue weighted by Gasteiger charge is 2.40. The topological polar surface area (TPSA) is 17.1 Å². The zero-order chi connectivity index (χ0) is 21.1. The fourth-order valence-corrected chi connectivity index (χ4v) is 4.62. The second kappa shape index (κ2) is 18.3. The molecule has 0 radical (unpaired) electrons. The first-order chi connectivity index (χ1) is 14.9. The predicted octanol–water partition coefficient (Wildman–Crippen LogP) is 9.96. The third kappa shape index (κ3) is 16.4. The number of carbonyl (C=O) groups excluding carboxylic acids is 1. The summed E-state index contributed by atoms with van der Waals surface area (Å²) in [5.41, 5.74) is 0. The van der Waals surface area contributed by atoms with Gasteiger partial charge in [-0.15, -0.1) is 0 Å². The second-order valence-corrected chi connectivity index (χ2v) is 10.8. The second-order valence-electron chi connectivity index (χ2n) is 10.8. The van der Waals surface area contributed by atoms with Gasteiger partial charge >= 0.3 is 0 Å². The van der Waals surface area contributed by atoms with Crippen LogP contribution in [0, 0.1) is 11.8 Å². The van der Waals surface area contributed by atoms with Gasteiger partial charge in [-0.3, -0.25) is 4.79 Å². The Morgan fingerprint density at radius 1 is 0.367 bits per heavy atom. The van der Waals surface area contributed by atoms with Crippen molar-refractivity contribution in [1.82, 2.24) is 0 Å². The molecule has 0 amide bonds. The van der Waals surface area contributed by atoms with E-state index < -0.39 is 0 Å². The van der Waals surface area contributed by atoms with Gasteiger partial charge in [0.25, 0.3) is 0 Å². The highest BCUT2D eigenvalue weighted by molar-refractivity contribution is 5.80. The molecule has 0 bridgehead atoms. The summed E-state index contributed by atoms with van der Waals surface area (Å²) < 4.78 is 0. The van der Waals surface area contributed by atoms with Crippen LogP contribution in [0.15, 0.2) is 0 Å². The minimum absolute atomic E-state index is 0.454. The van der Waals surface area contributed by atoms with Gasteiger partial charge in [0.2, 0.25) is 0 Å². The van der Waals surface area contributed by atoms with Crippen LogP contribution in [0.3, 0.4) is 0 Å². The third-order valence-electron chi connectivity index (χ3n) is 7.48. The van der Waals surface area contributed by atoms with E-state index in [0.717, 1.165) is 25.7 Å². The van der Waals surface area contributed by atoms with Crippen molar-refractivity contribution in [1.29, 1.82) is 0 Å². The number of hydrogen-bond donors (Lipinski definition) is 0. The van der Waals surface area contributed by atoms with E-state index in [4.69, 9.17) is 0 Å². The van der Waals surface area contributed by atoms with Crippen LogP contribution < -0.4 is 0 Å². The summed E-state index contributed by atoms with van der Waals surface area (Å²) in [6, 6.07) is 0. The molecule has 2 atom stereocenters. The molecule has 7 saturated carbocycles. The molecule has 0 heterocycles. The van der Waals surface area contributed by atoms with E-state index in [1.807, 2.05) is 0 Å². The molecule has 0 aliphatic heterocycles. The largest absolute Gasteiger partial charge is 0.300 e. The molecule has 0 aromatic carbocycles. The lowest BCUT2D eigenvalue weighted by Gasteiger charge is -2.05. The number of rotatable bonds is 0. The van der Waals surface area contributed by atoms with E-state index >= 15 is 0 Å². The van der Waals surface area contributed by atoms with E-state index in [-0.39, 0.29) is 0 Å². The van der Waals surface area contributed by atoms with Gasteiger partial charge in [-0.2, -0.15) is 0 Å². The molecule has 0 saturated heterocycles. The van der Waals surface area contributed by atoms with Crippen LogP contribution in [-0.4, -0.2) is 5.78 Å². The fraction of sp³-hybridized carbons (Fsp3) is 0.966. The highest BCUT2D eigenvalue weighted by Crippen LogP contribution is 2.51. The standard InChI is InChI=1S/C6H10.C6H12.C5H8O.C5H10.C4H8.C3H6/c1-2-5-4-6(5)3-1;1-2-4-6-5-3-1;6-5-3-1-2-4-5;1-2-4-5-3-1;1-2-4-3-1;1-2-3-1/h5-6H,1-4H2;1-6H2;1-4H2;1-5H2;1-4H2;1-3H2. The Balaban J connectivity index is 0.000000130. The third-order valence-corrected chi connectivity index (χ3v) is 7.48. The summed E-state index contributed by atoms with van der Waals surface area (Å²) in [6.07, 6.45) is 37.2. The quantitative estimate of drug-likeness (QED) is 0.382. The van der Waals surface area contributed by atoms with E-state index in [1.54, 1.807) is 19.3 Å².